The van der Waals surface area contributed by atoms with Crippen LogP contribution in [0.15, 0.2) is 48.5 Å². The lowest BCUT2D eigenvalue weighted by Gasteiger charge is -2.32. The number of nitrogens with zero attached hydrogens (tertiary/aromatic N) is 3. The van der Waals surface area contributed by atoms with Crippen molar-refractivity contribution in [2.75, 3.05) is 39.8 Å². The lowest BCUT2D eigenvalue weighted by molar-refractivity contribution is 0.0664. The van der Waals surface area contributed by atoms with Gasteiger partial charge in [-0.1, -0.05) is 49.7 Å². The molecule has 0 bridgehead atoms. The van der Waals surface area contributed by atoms with E-state index in [2.05, 4.69) is 43.1 Å². The summed E-state index contributed by atoms with van der Waals surface area (Å²) >= 11 is 0. The summed E-state index contributed by atoms with van der Waals surface area (Å²) in [7, 11) is 2.09. The molecule has 170 valence electrons. The average Bonchev–Trinajstić information content (AvgIpc) is 3.17. The summed E-state index contributed by atoms with van der Waals surface area (Å²) in [5.41, 5.74) is 3.89. The van der Waals surface area contributed by atoms with Crippen LogP contribution in [0.5, 0.6) is 0 Å². The van der Waals surface area contributed by atoms with Gasteiger partial charge in [-0.15, -0.1) is 0 Å². The van der Waals surface area contributed by atoms with Gasteiger partial charge in [-0.3, -0.25) is 4.79 Å². The Bertz CT molecular complexity index is 936. The predicted molar refractivity (Wildman–Crippen MR) is 125 cm³/mol. The molecule has 2 aliphatic rings. The third kappa shape index (κ3) is 5.30. The summed E-state index contributed by atoms with van der Waals surface area (Å²) in [5.74, 6) is 0.0988. The summed E-state index contributed by atoms with van der Waals surface area (Å²) in [4.78, 5) is 31.0. The molecule has 0 aromatic heterocycles. The highest BCUT2D eigenvalue weighted by molar-refractivity contribution is 5.95. The number of amides is 2. The number of piperazine rings is 1. The quantitative estimate of drug-likeness (QED) is 0.652. The van der Waals surface area contributed by atoms with Gasteiger partial charge in [0.2, 0.25) is 0 Å². The molecule has 2 amide bonds. The highest BCUT2D eigenvalue weighted by Crippen LogP contribution is 2.24. The smallest absolute Gasteiger partial charge is 0.410 e. The molecule has 0 saturated carbocycles. The van der Waals surface area contributed by atoms with Crippen LogP contribution in [0.2, 0.25) is 0 Å². The van der Waals surface area contributed by atoms with E-state index in [0.29, 0.717) is 13.1 Å². The van der Waals surface area contributed by atoms with E-state index >= 15 is 0 Å². The van der Waals surface area contributed by atoms with Gasteiger partial charge in [0.05, 0.1) is 6.54 Å². The Morgan fingerprint density at radius 2 is 1.78 bits per heavy atom. The first-order chi connectivity index (χ1) is 15.5. The summed E-state index contributed by atoms with van der Waals surface area (Å²) in [6, 6.07) is 16.1. The largest absolute Gasteiger partial charge is 0.444 e. The van der Waals surface area contributed by atoms with E-state index in [-0.39, 0.29) is 18.1 Å². The van der Waals surface area contributed by atoms with Gasteiger partial charge in [0.1, 0.15) is 6.10 Å². The van der Waals surface area contributed by atoms with E-state index in [9.17, 15) is 9.59 Å². The SMILES string of the molecule is CCCCC1CN(Cc2ccc(-c3cccc(C(=O)N4CCN(C)CC4)c3)cc2)C(=O)O1. The minimum atomic E-state index is -0.217. The Hall–Kier alpha value is -2.86. The van der Waals surface area contributed by atoms with Gasteiger partial charge in [-0.05, 0) is 48.7 Å². The van der Waals surface area contributed by atoms with Crippen LogP contribution < -0.4 is 0 Å². The second-order valence-electron chi connectivity index (χ2n) is 8.90. The highest BCUT2D eigenvalue weighted by Gasteiger charge is 2.30. The predicted octanol–water partition coefficient (Wildman–Crippen LogP) is 4.25. The number of hydrogen-bond donors (Lipinski definition) is 0. The summed E-state index contributed by atoms with van der Waals surface area (Å²) in [5, 5.41) is 0. The summed E-state index contributed by atoms with van der Waals surface area (Å²) < 4.78 is 5.48. The lowest BCUT2D eigenvalue weighted by Crippen LogP contribution is -2.47. The molecule has 2 aromatic rings. The van der Waals surface area contributed by atoms with Crippen LogP contribution in [0.4, 0.5) is 4.79 Å². The topological polar surface area (TPSA) is 53.1 Å². The molecule has 2 fully saturated rings. The Balaban J connectivity index is 1.39. The van der Waals surface area contributed by atoms with Crippen LogP contribution in [-0.4, -0.2) is 72.6 Å². The van der Waals surface area contributed by atoms with E-state index in [1.54, 1.807) is 4.90 Å². The first-order valence-electron chi connectivity index (χ1n) is 11.7. The zero-order chi connectivity index (χ0) is 22.5. The molecule has 32 heavy (non-hydrogen) atoms. The maximum absolute atomic E-state index is 12.9. The minimum absolute atomic E-state index is 0.0160. The number of unbranched alkanes of at least 4 members (excludes halogenated alkanes) is 1. The average molecular weight is 436 g/mol. The van der Waals surface area contributed by atoms with Crippen molar-refractivity contribution in [2.24, 2.45) is 0 Å². The van der Waals surface area contributed by atoms with E-state index in [1.807, 2.05) is 29.2 Å². The van der Waals surface area contributed by atoms with Crippen molar-refractivity contribution >= 4 is 12.0 Å². The molecule has 2 saturated heterocycles. The van der Waals surface area contributed by atoms with Crippen molar-refractivity contribution in [2.45, 2.75) is 38.8 Å². The van der Waals surface area contributed by atoms with Gasteiger partial charge in [-0.25, -0.2) is 4.79 Å². The third-order valence-electron chi connectivity index (χ3n) is 6.39. The molecule has 0 aliphatic carbocycles. The van der Waals surface area contributed by atoms with Crippen LogP contribution >= 0.6 is 0 Å². The van der Waals surface area contributed by atoms with E-state index < -0.39 is 0 Å². The Morgan fingerprint density at radius 3 is 2.50 bits per heavy atom. The monoisotopic (exact) mass is 435 g/mol. The number of benzene rings is 2. The highest BCUT2D eigenvalue weighted by atomic mass is 16.6. The molecule has 6 nitrogen and oxygen atoms in total. The molecule has 0 N–H and O–H groups in total. The van der Waals surface area contributed by atoms with Crippen LogP contribution in [0.25, 0.3) is 11.1 Å². The second-order valence-corrected chi connectivity index (χ2v) is 8.90. The first-order valence-corrected chi connectivity index (χ1v) is 11.7. The van der Waals surface area contributed by atoms with Gasteiger partial charge in [-0.2, -0.15) is 0 Å². The molecule has 0 radical (unpaired) electrons. The fourth-order valence-electron chi connectivity index (χ4n) is 4.33. The fourth-order valence-corrected chi connectivity index (χ4v) is 4.33. The molecule has 1 atom stereocenters. The number of likely N-dealkylation sites (N-methyl/N-ethyl adjacent to an activating group) is 1. The second kappa shape index (κ2) is 10.2. The maximum Gasteiger partial charge on any atom is 0.410 e. The molecule has 2 heterocycles. The van der Waals surface area contributed by atoms with Gasteiger partial charge >= 0.3 is 6.09 Å². The Kier molecular flexibility index (Phi) is 7.10. The maximum atomic E-state index is 12.9. The minimum Gasteiger partial charge on any atom is -0.444 e. The first kappa shape index (κ1) is 22.3. The van der Waals surface area contributed by atoms with Crippen molar-refractivity contribution in [3.8, 4) is 11.1 Å². The van der Waals surface area contributed by atoms with Gasteiger partial charge in [0.15, 0.2) is 0 Å². The molecular weight excluding hydrogens is 402 g/mol. The van der Waals surface area contributed by atoms with Crippen LogP contribution in [0, 0.1) is 0 Å². The van der Waals surface area contributed by atoms with E-state index in [1.165, 1.54) is 0 Å². The zero-order valence-electron chi connectivity index (χ0n) is 19.1. The molecule has 2 aliphatic heterocycles. The fraction of sp³-hybridized carbons (Fsp3) is 0.462. The molecular formula is C26H33N3O3. The van der Waals surface area contributed by atoms with Crippen LogP contribution in [0.1, 0.15) is 42.1 Å². The van der Waals surface area contributed by atoms with Crippen molar-refractivity contribution in [1.82, 2.24) is 14.7 Å². The normalized spacial score (nSPS) is 19.3. The van der Waals surface area contributed by atoms with Crippen LogP contribution in [-0.2, 0) is 11.3 Å². The van der Waals surface area contributed by atoms with Gasteiger partial charge in [0.25, 0.3) is 5.91 Å². The van der Waals surface area contributed by atoms with Crippen molar-refractivity contribution in [3.05, 3.63) is 59.7 Å². The lowest BCUT2D eigenvalue weighted by atomic mass is 10.0. The standard InChI is InChI=1S/C26H33N3O3/c1-3-4-8-24-19-29(26(31)32-24)18-20-9-11-21(12-10-20)22-6-5-7-23(17-22)25(30)28-15-13-27(2)14-16-28/h5-7,9-12,17,24H,3-4,8,13-16,18-19H2,1-2H3. The summed E-state index contributed by atoms with van der Waals surface area (Å²) in [6.45, 7) is 6.74. The third-order valence-corrected chi connectivity index (χ3v) is 6.39. The van der Waals surface area contributed by atoms with Crippen molar-refractivity contribution in [3.63, 3.8) is 0 Å². The number of cyclic esters (lactones) is 1. The zero-order valence-corrected chi connectivity index (χ0v) is 19.1. The number of ether oxygens (including phenoxy) is 1. The number of carbonyl (C=O) groups excluding carboxylic acids is 2. The van der Waals surface area contributed by atoms with E-state index in [4.69, 9.17) is 4.74 Å². The number of carbonyl (C=O) groups is 2. The van der Waals surface area contributed by atoms with E-state index in [0.717, 1.165) is 67.7 Å². The van der Waals surface area contributed by atoms with Gasteiger partial charge < -0.3 is 19.4 Å². The summed E-state index contributed by atoms with van der Waals surface area (Å²) in [6.07, 6.45) is 2.92. The Labute approximate surface area is 190 Å². The van der Waals surface area contributed by atoms with Crippen molar-refractivity contribution in [1.29, 1.82) is 0 Å². The number of rotatable bonds is 7. The molecule has 1 unspecified atom stereocenters. The van der Waals surface area contributed by atoms with Crippen LogP contribution in [0.3, 0.4) is 0 Å². The molecule has 2 aromatic carbocycles. The van der Waals surface area contributed by atoms with Gasteiger partial charge in [0, 0.05) is 38.3 Å². The molecule has 4 rings (SSSR count). The number of hydrogen-bond acceptors (Lipinski definition) is 4. The van der Waals surface area contributed by atoms with Crippen molar-refractivity contribution < 1.29 is 14.3 Å². The Morgan fingerprint density at radius 1 is 1.03 bits per heavy atom. The molecule has 0 spiro atoms. The molecule has 6 heteroatoms.